The molecule has 0 spiro atoms. The molecule has 0 N–H and O–H groups in total. The second kappa shape index (κ2) is 9.21. The number of alkyl halides is 8. The fourth-order valence-electron chi connectivity index (χ4n) is 3.07. The Kier molecular flexibility index (Phi) is 8.07. The largest absolute Gasteiger partial charge is 0.394 e. The van der Waals surface area contributed by atoms with E-state index in [0.717, 1.165) is 0 Å². The minimum Gasteiger partial charge on any atom is -0.318 e. The van der Waals surface area contributed by atoms with Crippen molar-refractivity contribution in [3.05, 3.63) is 34.9 Å². The van der Waals surface area contributed by atoms with Crippen LogP contribution in [0.25, 0.3) is 0 Å². The van der Waals surface area contributed by atoms with E-state index in [1.807, 2.05) is 0 Å². The van der Waals surface area contributed by atoms with E-state index >= 15 is 0 Å². The molecule has 2 atom stereocenters. The zero-order valence-electron chi connectivity index (χ0n) is 15.1. The molecule has 27 heavy (non-hydrogen) atoms. The summed E-state index contributed by atoms with van der Waals surface area (Å²) in [6.07, 6.45) is -14.1. The van der Waals surface area contributed by atoms with Crippen LogP contribution in [0.5, 0.6) is 0 Å². The van der Waals surface area contributed by atoms with Gasteiger partial charge >= 0.3 is 19.0 Å². The first kappa shape index (κ1) is 23.7. The lowest BCUT2D eigenvalue weighted by Gasteiger charge is -2.39. The Hall–Kier alpha value is -1.38. The van der Waals surface area contributed by atoms with Crippen LogP contribution >= 0.6 is 0 Å². The van der Waals surface area contributed by atoms with Gasteiger partial charge in [-0.15, -0.1) is 0 Å². The summed E-state index contributed by atoms with van der Waals surface area (Å²) >= 11 is 0. The minimum atomic E-state index is -4.98. The summed E-state index contributed by atoms with van der Waals surface area (Å²) in [6.45, 7) is 2.78. The van der Waals surface area contributed by atoms with Crippen molar-refractivity contribution in [3.63, 3.8) is 0 Å². The minimum absolute atomic E-state index is 0.322. The van der Waals surface area contributed by atoms with Gasteiger partial charge in [0.25, 0.3) is 0 Å². The molecule has 0 radical (unpaired) electrons. The topological polar surface area (TPSA) is 9.23 Å². The Labute approximate surface area is 152 Å². The summed E-state index contributed by atoms with van der Waals surface area (Å²) in [6, 6.07) is 6.38. The molecule has 0 bridgehead atoms. The van der Waals surface area contributed by atoms with E-state index in [0.29, 0.717) is 0 Å². The highest BCUT2D eigenvalue weighted by Crippen LogP contribution is 2.47. The van der Waals surface area contributed by atoms with Gasteiger partial charge in [0.1, 0.15) is 0 Å². The Bertz CT molecular complexity index is 552. The molecule has 1 aromatic rings. The highest BCUT2D eigenvalue weighted by molar-refractivity contribution is 5.31. The summed E-state index contributed by atoms with van der Waals surface area (Å²) < 4.78 is 103. The van der Waals surface area contributed by atoms with E-state index in [1.54, 1.807) is 0 Å². The first-order valence-electron chi connectivity index (χ1n) is 8.35. The van der Waals surface area contributed by atoms with Crippen molar-refractivity contribution >= 4 is 0 Å². The van der Waals surface area contributed by atoms with Gasteiger partial charge in [-0.2, -0.15) is 35.1 Å². The molecule has 1 aliphatic rings. The highest BCUT2D eigenvalue weighted by atomic mass is 19.4. The lowest BCUT2D eigenvalue weighted by Crippen LogP contribution is -2.49. The van der Waals surface area contributed by atoms with Crippen LogP contribution in [0.3, 0.4) is 0 Å². The third kappa shape index (κ3) is 6.93. The maximum atomic E-state index is 12.5. The summed E-state index contributed by atoms with van der Waals surface area (Å²) in [5, 5.41) is 0. The van der Waals surface area contributed by atoms with Gasteiger partial charge in [0.05, 0.1) is 17.9 Å². The molecule has 9 heteroatoms. The van der Waals surface area contributed by atoms with Gasteiger partial charge in [-0.1, -0.05) is 24.6 Å². The molecule has 1 saturated carbocycles. The summed E-state index contributed by atoms with van der Waals surface area (Å²) in [5.74, 6) is -5.02. The van der Waals surface area contributed by atoms with Crippen LogP contribution in [0, 0.1) is 32.6 Å². The second-order valence-electron chi connectivity index (χ2n) is 6.61. The van der Waals surface area contributed by atoms with E-state index in [9.17, 15) is 35.1 Å². The predicted molar refractivity (Wildman–Crippen MR) is 84.5 cm³/mol. The maximum absolute atomic E-state index is 12.5. The van der Waals surface area contributed by atoms with Gasteiger partial charge in [-0.3, -0.25) is 0 Å². The molecule has 0 amide bonds. The summed E-state index contributed by atoms with van der Waals surface area (Å²) in [5.41, 5.74) is 4.18. The average molecular weight is 406 g/mol. The van der Waals surface area contributed by atoms with Gasteiger partial charge in [0, 0.05) is 0 Å². The maximum Gasteiger partial charge on any atom is 0.394 e. The van der Waals surface area contributed by atoms with Gasteiger partial charge in [0.15, 0.2) is 0 Å². The van der Waals surface area contributed by atoms with Crippen LogP contribution < -0.4 is 0 Å². The third-order valence-electron chi connectivity index (χ3n) is 4.80. The van der Waals surface area contributed by atoms with E-state index in [-0.39, 0.29) is 6.42 Å². The molecule has 1 fully saturated rings. The van der Waals surface area contributed by atoms with Crippen LogP contribution in [0.4, 0.5) is 35.1 Å². The molecule has 1 nitrogen and oxygen atoms in total. The van der Waals surface area contributed by atoms with Crippen LogP contribution in [0.1, 0.15) is 36.0 Å². The van der Waals surface area contributed by atoms with Crippen molar-refractivity contribution in [3.8, 4) is 0 Å². The Morgan fingerprint density at radius 2 is 1.26 bits per heavy atom. The average Bonchev–Trinajstić information content (AvgIpc) is 2.50. The molecule has 0 aromatic heterocycles. The Morgan fingerprint density at radius 3 is 1.56 bits per heavy atom. The molecular formula is C18H22F8O. The van der Waals surface area contributed by atoms with Gasteiger partial charge in [0.2, 0.25) is 0 Å². The molecule has 0 heterocycles. The normalized spacial score (nSPS) is 23.8. The highest BCUT2D eigenvalue weighted by Gasteiger charge is 2.57. The van der Waals surface area contributed by atoms with Gasteiger partial charge in [-0.25, -0.2) is 0 Å². The predicted octanol–water partition coefficient (Wildman–Crippen LogP) is 6.75. The smallest absolute Gasteiger partial charge is 0.318 e. The van der Waals surface area contributed by atoms with Gasteiger partial charge < -0.3 is 4.74 Å². The van der Waals surface area contributed by atoms with Crippen molar-refractivity contribution in [2.75, 3.05) is 0 Å². The quantitative estimate of drug-likeness (QED) is 0.494. The second-order valence-corrected chi connectivity index (χ2v) is 6.61. The number of ether oxygens (including phenoxy) is 1. The van der Waals surface area contributed by atoms with Crippen molar-refractivity contribution in [2.45, 2.75) is 65.1 Å². The number of hydrogen-bond acceptors (Lipinski definition) is 1. The molecule has 0 aliphatic heterocycles. The standard InChI is InChI=1S/C9H10F8O.C9H12/c10-7(11)18-6-4(8(12,13)14)2-1-3-5(6)9(15,16)17;1-7-5-4-6-8(2)9(7)3/h4-7H,1-3H2;4-6H,1-3H3. The molecule has 1 aliphatic carbocycles. The van der Waals surface area contributed by atoms with Crippen molar-refractivity contribution in [1.29, 1.82) is 0 Å². The molecular weight excluding hydrogens is 384 g/mol. The summed E-state index contributed by atoms with van der Waals surface area (Å²) in [7, 11) is 0. The molecule has 2 unspecified atom stereocenters. The zero-order valence-corrected chi connectivity index (χ0v) is 15.1. The molecule has 0 saturated heterocycles. The van der Waals surface area contributed by atoms with Crippen LogP contribution in [0.2, 0.25) is 0 Å². The zero-order chi connectivity index (χ0) is 21.0. The van der Waals surface area contributed by atoms with E-state index in [2.05, 4.69) is 43.7 Å². The first-order chi connectivity index (χ1) is 12.2. The number of aryl methyl sites for hydroxylation is 2. The Morgan fingerprint density at radius 1 is 0.852 bits per heavy atom. The number of benzene rings is 1. The Balaban J connectivity index is 0.000000337. The van der Waals surface area contributed by atoms with Crippen LogP contribution in [-0.4, -0.2) is 25.1 Å². The van der Waals surface area contributed by atoms with Crippen LogP contribution in [-0.2, 0) is 4.74 Å². The SMILES string of the molecule is Cc1cccc(C)c1C.FC(F)OC1C(C(F)(F)F)CCCC1C(F)(F)F. The van der Waals surface area contributed by atoms with Crippen molar-refractivity contribution in [1.82, 2.24) is 0 Å². The van der Waals surface area contributed by atoms with Gasteiger partial charge in [-0.05, 0) is 50.3 Å². The van der Waals surface area contributed by atoms with Crippen molar-refractivity contribution in [2.24, 2.45) is 11.8 Å². The monoisotopic (exact) mass is 406 g/mol. The van der Waals surface area contributed by atoms with E-state index in [4.69, 9.17) is 0 Å². The van der Waals surface area contributed by atoms with Crippen LogP contribution in [0.15, 0.2) is 18.2 Å². The lowest BCUT2D eigenvalue weighted by atomic mass is 9.78. The molecule has 156 valence electrons. The molecule has 2 rings (SSSR count). The van der Waals surface area contributed by atoms with Crippen molar-refractivity contribution < 1.29 is 39.9 Å². The third-order valence-corrected chi connectivity index (χ3v) is 4.80. The molecule has 1 aromatic carbocycles. The number of halogens is 8. The summed E-state index contributed by atoms with van der Waals surface area (Å²) in [4.78, 5) is 0. The fraction of sp³-hybridized carbons (Fsp3) is 0.667. The number of rotatable bonds is 2. The first-order valence-corrected chi connectivity index (χ1v) is 8.35. The lowest BCUT2D eigenvalue weighted by molar-refractivity contribution is -0.300. The van der Waals surface area contributed by atoms with E-state index in [1.165, 1.54) is 16.7 Å². The van der Waals surface area contributed by atoms with E-state index < -0.39 is 49.7 Å². The fourth-order valence-corrected chi connectivity index (χ4v) is 3.07. The number of hydrogen-bond donors (Lipinski definition) is 0.